The monoisotopic (exact) mass is 703 g/mol. The lowest BCUT2D eigenvalue weighted by atomic mass is 9.98. The molecule has 276 valence electrons. The predicted octanol–water partition coefficient (Wildman–Crippen LogP) is 2.21. The second-order valence-electron chi connectivity index (χ2n) is 12.3. The highest BCUT2D eigenvalue weighted by molar-refractivity contribution is 7.99. The topological polar surface area (TPSA) is 229 Å². The van der Waals surface area contributed by atoms with Crippen molar-refractivity contribution in [2.24, 2.45) is 5.73 Å². The zero-order chi connectivity index (χ0) is 35.3. The molecular weight excluding hydrogens is 646 g/mol. The standard InChI is InChI=1S/C32H57N5O10S/c1-3-5-7-9-11-13-15-26(39)45-19-22(46-27(40)16-14-12-10-8-6-4-2)20-48-21-23(33)31(44)34-25-17-37(36-35-25)32-30(43)29(42)28(41)24(18-38)47-32/h17,22-24,28-30,32,38,41-43H,3-16,18-21,33H2,1-2H3,(H,34,44)/t22-,23-,24?,28?,29?,30?,32-/m1/s1. The van der Waals surface area contributed by atoms with E-state index in [4.69, 9.17) is 19.9 Å². The van der Waals surface area contributed by atoms with Gasteiger partial charge in [-0.15, -0.1) is 5.10 Å². The van der Waals surface area contributed by atoms with Crippen LogP contribution in [0.1, 0.15) is 110 Å². The molecule has 0 bridgehead atoms. The minimum Gasteiger partial charge on any atom is -0.462 e. The molecule has 1 fully saturated rings. The van der Waals surface area contributed by atoms with E-state index >= 15 is 0 Å². The van der Waals surface area contributed by atoms with E-state index in [1.165, 1.54) is 30.8 Å². The van der Waals surface area contributed by atoms with E-state index in [9.17, 15) is 34.8 Å². The number of carbonyl (C=O) groups excluding carboxylic acids is 3. The first kappa shape index (κ1) is 41.8. The van der Waals surface area contributed by atoms with Gasteiger partial charge in [0.05, 0.1) is 18.8 Å². The predicted molar refractivity (Wildman–Crippen MR) is 180 cm³/mol. The van der Waals surface area contributed by atoms with Gasteiger partial charge in [-0.1, -0.05) is 83.3 Å². The summed E-state index contributed by atoms with van der Waals surface area (Å²) in [5.41, 5.74) is 6.10. The molecule has 1 aromatic rings. The lowest BCUT2D eigenvalue weighted by Gasteiger charge is -2.39. The Hall–Kier alpha value is -2.34. The average molecular weight is 704 g/mol. The SMILES string of the molecule is CCCCCCCCC(=O)OC[C@H](CSC[C@@H](N)C(=O)Nc1cn([C@@H]2OC(CO)C(O)C(O)C2O)nn1)OC(=O)CCCCCCCC. The van der Waals surface area contributed by atoms with Crippen molar-refractivity contribution in [1.82, 2.24) is 15.0 Å². The number of hydrogen-bond acceptors (Lipinski definition) is 14. The fraction of sp³-hybridized carbons (Fsp3) is 0.844. The number of esters is 2. The number of unbranched alkanes of at least 4 members (excludes halogenated alkanes) is 10. The maximum Gasteiger partial charge on any atom is 0.306 e. The molecule has 0 radical (unpaired) electrons. The molecule has 0 aliphatic carbocycles. The quantitative estimate of drug-likeness (QED) is 0.0634. The van der Waals surface area contributed by atoms with Gasteiger partial charge in [0.25, 0.3) is 0 Å². The van der Waals surface area contributed by atoms with Crippen LogP contribution in [0.3, 0.4) is 0 Å². The van der Waals surface area contributed by atoms with Gasteiger partial charge in [-0.05, 0) is 12.8 Å². The van der Waals surface area contributed by atoms with Crippen molar-refractivity contribution < 1.29 is 49.0 Å². The summed E-state index contributed by atoms with van der Waals surface area (Å²) in [6.07, 6.45) is 6.55. The number of thioether (sulfide) groups is 1. The van der Waals surface area contributed by atoms with Crippen molar-refractivity contribution in [3.63, 3.8) is 0 Å². The molecule has 2 rings (SSSR count). The molecular formula is C32H57N5O10S. The summed E-state index contributed by atoms with van der Waals surface area (Å²) in [6, 6.07) is -0.984. The molecule has 15 nitrogen and oxygen atoms in total. The number of rotatable bonds is 25. The van der Waals surface area contributed by atoms with Crippen LogP contribution in [0.4, 0.5) is 5.82 Å². The second-order valence-corrected chi connectivity index (χ2v) is 13.3. The number of nitrogens with zero attached hydrogens (tertiary/aromatic N) is 3. The summed E-state index contributed by atoms with van der Waals surface area (Å²) < 4.78 is 17.6. The Kier molecular flexibility index (Phi) is 20.8. The molecule has 1 aliphatic rings. The van der Waals surface area contributed by atoms with E-state index in [1.54, 1.807) is 0 Å². The number of aliphatic hydroxyl groups excluding tert-OH is 4. The Morgan fingerprint density at radius 3 is 2.15 bits per heavy atom. The van der Waals surface area contributed by atoms with Crippen LogP contribution in [0, 0.1) is 0 Å². The minimum absolute atomic E-state index is 0.00353. The fourth-order valence-electron chi connectivity index (χ4n) is 5.10. The van der Waals surface area contributed by atoms with Crippen molar-refractivity contribution >= 4 is 35.4 Å². The van der Waals surface area contributed by atoms with Gasteiger partial charge in [0.2, 0.25) is 5.91 Å². The van der Waals surface area contributed by atoms with Crippen LogP contribution in [0.5, 0.6) is 0 Å². The Labute approximate surface area is 287 Å². The number of anilines is 1. The number of nitrogens with one attached hydrogen (secondary N) is 1. The van der Waals surface area contributed by atoms with Gasteiger partial charge in [-0.3, -0.25) is 14.4 Å². The molecule has 7 N–H and O–H groups in total. The van der Waals surface area contributed by atoms with E-state index in [0.717, 1.165) is 68.9 Å². The van der Waals surface area contributed by atoms with Gasteiger partial charge in [-0.25, -0.2) is 4.68 Å². The van der Waals surface area contributed by atoms with Crippen LogP contribution < -0.4 is 11.1 Å². The summed E-state index contributed by atoms with van der Waals surface area (Å²) in [6.45, 7) is 3.62. The van der Waals surface area contributed by atoms with Crippen LogP contribution >= 0.6 is 11.8 Å². The summed E-state index contributed by atoms with van der Waals surface area (Å²) in [7, 11) is 0. The average Bonchev–Trinajstić information content (AvgIpc) is 3.53. The molecule has 48 heavy (non-hydrogen) atoms. The fourth-order valence-corrected chi connectivity index (χ4v) is 6.07. The van der Waals surface area contributed by atoms with Crippen molar-refractivity contribution in [3.8, 4) is 0 Å². The molecule has 2 heterocycles. The molecule has 1 saturated heterocycles. The maximum atomic E-state index is 12.8. The molecule has 16 heteroatoms. The lowest BCUT2D eigenvalue weighted by Crippen LogP contribution is -2.56. The summed E-state index contributed by atoms with van der Waals surface area (Å²) in [5.74, 6) is -0.848. The third-order valence-electron chi connectivity index (χ3n) is 8.02. The molecule has 4 unspecified atom stereocenters. The van der Waals surface area contributed by atoms with Crippen LogP contribution in [-0.2, 0) is 28.6 Å². The Bertz CT molecular complexity index is 1060. The molecule has 0 aromatic carbocycles. The number of nitrogens with two attached hydrogens (primary N) is 1. The molecule has 1 amide bonds. The zero-order valence-electron chi connectivity index (χ0n) is 28.4. The summed E-state index contributed by atoms with van der Waals surface area (Å²) in [5, 5.41) is 49.9. The van der Waals surface area contributed by atoms with Crippen LogP contribution in [0.2, 0.25) is 0 Å². The van der Waals surface area contributed by atoms with Crippen molar-refractivity contribution in [2.45, 2.75) is 147 Å². The number of aliphatic hydroxyl groups is 4. The third-order valence-corrected chi connectivity index (χ3v) is 9.23. The van der Waals surface area contributed by atoms with E-state index in [1.807, 2.05) is 0 Å². The van der Waals surface area contributed by atoms with Gasteiger partial charge in [0.15, 0.2) is 12.0 Å². The first-order chi connectivity index (χ1) is 23.1. The van der Waals surface area contributed by atoms with Crippen molar-refractivity contribution in [3.05, 3.63) is 6.20 Å². The van der Waals surface area contributed by atoms with Crippen LogP contribution in [-0.4, -0.2) is 115 Å². The molecule has 0 spiro atoms. The highest BCUT2D eigenvalue weighted by Gasteiger charge is 2.44. The third kappa shape index (κ3) is 15.5. The van der Waals surface area contributed by atoms with E-state index in [-0.39, 0.29) is 42.3 Å². The molecule has 7 atom stereocenters. The summed E-state index contributed by atoms with van der Waals surface area (Å²) >= 11 is 1.28. The molecule has 1 aliphatic heterocycles. The minimum atomic E-state index is -1.60. The van der Waals surface area contributed by atoms with Crippen LogP contribution in [0.25, 0.3) is 0 Å². The number of aromatic nitrogens is 3. The number of hydrogen-bond donors (Lipinski definition) is 6. The number of amides is 1. The smallest absolute Gasteiger partial charge is 0.306 e. The van der Waals surface area contributed by atoms with E-state index in [0.29, 0.717) is 6.42 Å². The zero-order valence-corrected chi connectivity index (χ0v) is 29.2. The molecule has 0 saturated carbocycles. The Morgan fingerprint density at radius 1 is 0.917 bits per heavy atom. The number of ether oxygens (including phenoxy) is 3. The van der Waals surface area contributed by atoms with Gasteiger partial charge < -0.3 is 45.7 Å². The van der Waals surface area contributed by atoms with Gasteiger partial charge in [0, 0.05) is 24.3 Å². The van der Waals surface area contributed by atoms with Gasteiger partial charge >= 0.3 is 11.9 Å². The second kappa shape index (κ2) is 23.9. The Balaban J connectivity index is 1.84. The van der Waals surface area contributed by atoms with Crippen LogP contribution in [0.15, 0.2) is 6.20 Å². The van der Waals surface area contributed by atoms with Gasteiger partial charge in [-0.2, -0.15) is 11.8 Å². The van der Waals surface area contributed by atoms with E-state index < -0.39 is 55.3 Å². The number of carbonyl (C=O) groups is 3. The maximum absolute atomic E-state index is 12.8. The summed E-state index contributed by atoms with van der Waals surface area (Å²) in [4.78, 5) is 37.6. The Morgan fingerprint density at radius 2 is 1.52 bits per heavy atom. The highest BCUT2D eigenvalue weighted by atomic mass is 32.2. The van der Waals surface area contributed by atoms with Gasteiger partial charge in [0.1, 0.15) is 37.1 Å². The normalized spacial score (nSPS) is 22.2. The highest BCUT2D eigenvalue weighted by Crippen LogP contribution is 2.28. The lowest BCUT2D eigenvalue weighted by molar-refractivity contribution is -0.254. The first-order valence-corrected chi connectivity index (χ1v) is 18.5. The van der Waals surface area contributed by atoms with E-state index in [2.05, 4.69) is 29.5 Å². The molecule has 1 aromatic heterocycles. The first-order valence-electron chi connectivity index (χ1n) is 17.3. The van der Waals surface area contributed by atoms with Crippen molar-refractivity contribution in [2.75, 3.05) is 30.0 Å². The van der Waals surface area contributed by atoms with Crippen molar-refractivity contribution in [1.29, 1.82) is 0 Å². The largest absolute Gasteiger partial charge is 0.462 e.